The van der Waals surface area contributed by atoms with Gasteiger partial charge in [-0.1, -0.05) is 35.9 Å². The molecule has 6 heteroatoms. The molecule has 27 heavy (non-hydrogen) atoms. The zero-order valence-corrected chi connectivity index (χ0v) is 17.7. The summed E-state index contributed by atoms with van der Waals surface area (Å²) in [5, 5.41) is 4.51. The minimum Gasteiger partial charge on any atom is -0.489 e. The van der Waals surface area contributed by atoms with Crippen molar-refractivity contribution in [2.24, 2.45) is 5.92 Å². The van der Waals surface area contributed by atoms with E-state index in [-0.39, 0.29) is 24.8 Å². The van der Waals surface area contributed by atoms with Gasteiger partial charge in [0.2, 0.25) is 0 Å². The van der Waals surface area contributed by atoms with Crippen LogP contribution in [0, 0.1) is 5.92 Å². The van der Waals surface area contributed by atoms with Crippen LogP contribution in [0.2, 0.25) is 5.02 Å². The molecular weight excluding hydrogens is 403 g/mol. The number of nitrogens with one attached hydrogen (secondary N) is 1. The van der Waals surface area contributed by atoms with Crippen LogP contribution in [0.1, 0.15) is 24.0 Å². The van der Waals surface area contributed by atoms with E-state index in [4.69, 9.17) is 16.3 Å². The highest BCUT2D eigenvalue weighted by Crippen LogP contribution is 2.27. The molecule has 0 saturated carbocycles. The molecule has 0 amide bonds. The SMILES string of the molecule is Cl.Cl.Clc1ccc(COc2ccc(CNC3CN4CCC3CC4)cc2)cc1. The van der Waals surface area contributed by atoms with Crippen LogP contribution in [0.3, 0.4) is 0 Å². The predicted octanol–water partition coefficient (Wildman–Crippen LogP) is 4.95. The highest BCUT2D eigenvalue weighted by atomic mass is 35.5. The summed E-state index contributed by atoms with van der Waals surface area (Å²) in [6.45, 7) is 5.30. The van der Waals surface area contributed by atoms with Gasteiger partial charge in [-0.25, -0.2) is 0 Å². The summed E-state index contributed by atoms with van der Waals surface area (Å²) in [6, 6.07) is 16.9. The van der Waals surface area contributed by atoms with Crippen molar-refractivity contribution in [3.8, 4) is 5.75 Å². The quantitative estimate of drug-likeness (QED) is 0.703. The number of rotatable bonds is 6. The summed E-state index contributed by atoms with van der Waals surface area (Å²) < 4.78 is 5.85. The Morgan fingerprint density at radius 2 is 1.56 bits per heavy atom. The second-order valence-electron chi connectivity index (χ2n) is 7.18. The first-order chi connectivity index (χ1) is 12.3. The van der Waals surface area contributed by atoms with Gasteiger partial charge in [0.25, 0.3) is 0 Å². The number of hydrogen-bond acceptors (Lipinski definition) is 3. The Balaban J connectivity index is 0.00000131. The maximum Gasteiger partial charge on any atom is 0.119 e. The molecule has 3 aliphatic heterocycles. The van der Waals surface area contributed by atoms with E-state index in [9.17, 15) is 0 Å². The van der Waals surface area contributed by atoms with Crippen molar-refractivity contribution in [2.45, 2.75) is 32.0 Å². The van der Waals surface area contributed by atoms with E-state index in [1.807, 2.05) is 24.3 Å². The number of nitrogens with zero attached hydrogens (tertiary/aromatic N) is 1. The monoisotopic (exact) mass is 428 g/mol. The van der Waals surface area contributed by atoms with Gasteiger partial charge < -0.3 is 15.0 Å². The summed E-state index contributed by atoms with van der Waals surface area (Å²) in [5.41, 5.74) is 2.44. The molecule has 2 aromatic carbocycles. The Morgan fingerprint density at radius 1 is 0.926 bits per heavy atom. The van der Waals surface area contributed by atoms with Crippen molar-refractivity contribution in [3.05, 3.63) is 64.7 Å². The largest absolute Gasteiger partial charge is 0.489 e. The molecule has 2 aromatic rings. The number of hydrogen-bond donors (Lipinski definition) is 1. The Bertz CT molecular complexity index is 686. The minimum absolute atomic E-state index is 0. The second-order valence-corrected chi connectivity index (χ2v) is 7.62. The molecule has 5 rings (SSSR count). The molecule has 2 bridgehead atoms. The van der Waals surface area contributed by atoms with Gasteiger partial charge in [-0.15, -0.1) is 24.8 Å². The van der Waals surface area contributed by atoms with Crippen molar-refractivity contribution < 1.29 is 4.74 Å². The van der Waals surface area contributed by atoms with Crippen LogP contribution in [0.5, 0.6) is 5.75 Å². The maximum atomic E-state index is 5.90. The van der Waals surface area contributed by atoms with Crippen molar-refractivity contribution in [3.63, 3.8) is 0 Å². The maximum absolute atomic E-state index is 5.90. The van der Waals surface area contributed by atoms with Crippen LogP contribution in [0.4, 0.5) is 0 Å². The zero-order valence-electron chi connectivity index (χ0n) is 15.3. The zero-order chi connectivity index (χ0) is 17.1. The Hall–Kier alpha value is -0.970. The van der Waals surface area contributed by atoms with Gasteiger partial charge in [-0.3, -0.25) is 0 Å². The standard InChI is InChI=1S/C21H25ClN2O.2ClH/c22-19-5-1-17(2-6-19)15-25-20-7-3-16(4-8-20)13-23-21-14-24-11-9-18(21)10-12-24;;/h1-8,18,21,23H,9-15H2;2*1H. The average molecular weight is 430 g/mol. The first kappa shape index (κ1) is 22.3. The minimum atomic E-state index is 0. The second kappa shape index (κ2) is 10.5. The molecule has 0 spiro atoms. The van der Waals surface area contributed by atoms with E-state index in [0.717, 1.165) is 28.8 Å². The van der Waals surface area contributed by atoms with Crippen LogP contribution in [0.15, 0.2) is 48.5 Å². The Morgan fingerprint density at radius 3 is 2.15 bits per heavy atom. The highest BCUT2D eigenvalue weighted by Gasteiger charge is 2.33. The molecule has 0 aromatic heterocycles. The summed E-state index contributed by atoms with van der Waals surface area (Å²) in [7, 11) is 0. The molecule has 1 atom stereocenters. The number of piperidine rings is 3. The third-order valence-corrected chi connectivity index (χ3v) is 5.72. The normalized spacial score (nSPS) is 23.2. The third kappa shape index (κ3) is 6.00. The van der Waals surface area contributed by atoms with Crippen LogP contribution >= 0.6 is 36.4 Å². The van der Waals surface area contributed by atoms with Gasteiger partial charge in [0.1, 0.15) is 12.4 Å². The first-order valence-electron chi connectivity index (χ1n) is 9.18. The molecule has 0 aliphatic carbocycles. The summed E-state index contributed by atoms with van der Waals surface area (Å²) in [4.78, 5) is 2.59. The molecule has 3 saturated heterocycles. The molecule has 3 heterocycles. The fourth-order valence-corrected chi connectivity index (χ4v) is 4.02. The van der Waals surface area contributed by atoms with Gasteiger partial charge in [-0.2, -0.15) is 0 Å². The van der Waals surface area contributed by atoms with Crippen molar-refractivity contribution in [1.29, 1.82) is 0 Å². The summed E-state index contributed by atoms with van der Waals surface area (Å²) in [6.07, 6.45) is 2.71. The topological polar surface area (TPSA) is 24.5 Å². The molecule has 1 N–H and O–H groups in total. The Kier molecular flexibility index (Phi) is 8.71. The third-order valence-electron chi connectivity index (χ3n) is 5.47. The van der Waals surface area contributed by atoms with E-state index in [1.54, 1.807) is 0 Å². The average Bonchev–Trinajstić information content (AvgIpc) is 2.68. The lowest BCUT2D eigenvalue weighted by Crippen LogP contribution is -2.55. The van der Waals surface area contributed by atoms with Gasteiger partial charge in [0.05, 0.1) is 0 Å². The van der Waals surface area contributed by atoms with Gasteiger partial charge in [0.15, 0.2) is 0 Å². The van der Waals surface area contributed by atoms with Crippen LogP contribution in [-0.4, -0.2) is 30.6 Å². The lowest BCUT2D eigenvalue weighted by molar-refractivity contribution is 0.0720. The highest BCUT2D eigenvalue weighted by molar-refractivity contribution is 6.30. The predicted molar refractivity (Wildman–Crippen MR) is 117 cm³/mol. The fourth-order valence-electron chi connectivity index (χ4n) is 3.90. The lowest BCUT2D eigenvalue weighted by atomic mass is 9.84. The molecule has 148 valence electrons. The summed E-state index contributed by atoms with van der Waals surface area (Å²) >= 11 is 5.90. The van der Waals surface area contributed by atoms with E-state index < -0.39 is 0 Å². The molecule has 0 radical (unpaired) electrons. The van der Waals surface area contributed by atoms with E-state index in [0.29, 0.717) is 12.6 Å². The number of fused-ring (bicyclic) bond motifs is 3. The molecule has 3 aliphatic rings. The van der Waals surface area contributed by atoms with Crippen LogP contribution in [-0.2, 0) is 13.2 Å². The summed E-state index contributed by atoms with van der Waals surface area (Å²) in [5.74, 6) is 1.77. The van der Waals surface area contributed by atoms with E-state index in [2.05, 4.69) is 34.5 Å². The molecule has 3 fully saturated rings. The van der Waals surface area contributed by atoms with Crippen LogP contribution < -0.4 is 10.1 Å². The number of benzene rings is 2. The number of ether oxygens (including phenoxy) is 1. The van der Waals surface area contributed by atoms with Crippen LogP contribution in [0.25, 0.3) is 0 Å². The van der Waals surface area contributed by atoms with Gasteiger partial charge in [-0.05, 0) is 67.2 Å². The Labute approximate surface area is 179 Å². The van der Waals surface area contributed by atoms with Crippen molar-refractivity contribution in [2.75, 3.05) is 19.6 Å². The molecule has 3 nitrogen and oxygen atoms in total. The lowest BCUT2D eigenvalue weighted by Gasteiger charge is -2.45. The number of halogens is 3. The molecular formula is C21H27Cl3N2O. The molecule has 1 unspecified atom stereocenters. The van der Waals surface area contributed by atoms with Crippen molar-refractivity contribution >= 4 is 36.4 Å². The van der Waals surface area contributed by atoms with Crippen molar-refractivity contribution in [1.82, 2.24) is 10.2 Å². The van der Waals surface area contributed by atoms with E-state index in [1.165, 1.54) is 38.0 Å². The smallest absolute Gasteiger partial charge is 0.119 e. The fraction of sp³-hybridized carbons (Fsp3) is 0.429. The van der Waals surface area contributed by atoms with E-state index >= 15 is 0 Å². The van der Waals surface area contributed by atoms with Gasteiger partial charge in [0, 0.05) is 24.2 Å². The van der Waals surface area contributed by atoms with Gasteiger partial charge >= 0.3 is 0 Å². The first-order valence-corrected chi connectivity index (χ1v) is 9.56.